The van der Waals surface area contributed by atoms with Gasteiger partial charge in [0.25, 0.3) is 5.56 Å². The predicted molar refractivity (Wildman–Crippen MR) is 98.8 cm³/mol. The molecule has 3 aromatic rings. The summed E-state index contributed by atoms with van der Waals surface area (Å²) < 4.78 is 1.48. The number of nitrogens with zero attached hydrogens (tertiary/aromatic N) is 3. The first-order chi connectivity index (χ1) is 12.6. The highest BCUT2D eigenvalue weighted by molar-refractivity contribution is 5.75. The van der Waals surface area contributed by atoms with Crippen molar-refractivity contribution in [1.82, 2.24) is 19.6 Å². The lowest BCUT2D eigenvalue weighted by molar-refractivity contribution is 0.168. The summed E-state index contributed by atoms with van der Waals surface area (Å²) in [4.78, 5) is 31.0. The van der Waals surface area contributed by atoms with Crippen molar-refractivity contribution >= 4 is 11.7 Å². The van der Waals surface area contributed by atoms with Crippen LogP contribution in [0.1, 0.15) is 23.7 Å². The zero-order valence-corrected chi connectivity index (χ0v) is 14.6. The van der Waals surface area contributed by atoms with Crippen LogP contribution in [0.15, 0.2) is 59.5 Å². The first-order valence-corrected chi connectivity index (χ1v) is 8.70. The number of carbonyl (C=O) groups excluding carboxylic acids is 1. The van der Waals surface area contributed by atoms with E-state index in [-0.39, 0.29) is 24.2 Å². The van der Waals surface area contributed by atoms with Crippen LogP contribution in [0.5, 0.6) is 0 Å². The molecular formula is C20H20N4O2. The van der Waals surface area contributed by atoms with E-state index in [2.05, 4.69) is 29.4 Å². The molecule has 1 N–H and O–H groups in total. The van der Waals surface area contributed by atoms with E-state index in [4.69, 9.17) is 0 Å². The molecule has 6 heteroatoms. The van der Waals surface area contributed by atoms with Crippen molar-refractivity contribution in [3.63, 3.8) is 0 Å². The van der Waals surface area contributed by atoms with Crippen LogP contribution in [0.4, 0.5) is 4.79 Å². The SMILES string of the molecule is CC1Cc2ccccc2CN1C(=O)NCc1cc(=O)n2ccccc2n1. The Morgan fingerprint density at radius 3 is 2.81 bits per heavy atom. The van der Waals surface area contributed by atoms with Gasteiger partial charge in [-0.3, -0.25) is 9.20 Å². The van der Waals surface area contributed by atoms with E-state index in [9.17, 15) is 9.59 Å². The molecule has 1 aliphatic rings. The van der Waals surface area contributed by atoms with Crippen LogP contribution < -0.4 is 10.9 Å². The summed E-state index contributed by atoms with van der Waals surface area (Å²) in [5, 5.41) is 2.90. The zero-order valence-electron chi connectivity index (χ0n) is 14.6. The second-order valence-corrected chi connectivity index (χ2v) is 6.62. The number of hydrogen-bond donors (Lipinski definition) is 1. The number of fused-ring (bicyclic) bond motifs is 2. The van der Waals surface area contributed by atoms with Crippen molar-refractivity contribution in [1.29, 1.82) is 0 Å². The van der Waals surface area contributed by atoms with Crippen molar-refractivity contribution in [2.24, 2.45) is 0 Å². The van der Waals surface area contributed by atoms with Crippen molar-refractivity contribution in [2.75, 3.05) is 0 Å². The molecule has 0 saturated heterocycles. The summed E-state index contributed by atoms with van der Waals surface area (Å²) in [5.41, 5.74) is 3.46. The highest BCUT2D eigenvalue weighted by Crippen LogP contribution is 2.22. The maximum atomic E-state index is 12.6. The quantitative estimate of drug-likeness (QED) is 0.773. The first-order valence-electron chi connectivity index (χ1n) is 8.70. The van der Waals surface area contributed by atoms with Gasteiger partial charge in [0.15, 0.2) is 0 Å². The second-order valence-electron chi connectivity index (χ2n) is 6.62. The molecule has 1 aromatic carbocycles. The van der Waals surface area contributed by atoms with Gasteiger partial charge in [0.1, 0.15) is 5.65 Å². The number of hydrogen-bond acceptors (Lipinski definition) is 3. The van der Waals surface area contributed by atoms with Gasteiger partial charge in [-0.2, -0.15) is 0 Å². The maximum Gasteiger partial charge on any atom is 0.318 e. The number of pyridine rings is 1. The molecule has 0 bridgehead atoms. The van der Waals surface area contributed by atoms with Crippen LogP contribution in [0.3, 0.4) is 0 Å². The third-order valence-electron chi connectivity index (χ3n) is 4.81. The van der Waals surface area contributed by atoms with E-state index in [0.29, 0.717) is 17.9 Å². The minimum atomic E-state index is -0.153. The van der Waals surface area contributed by atoms with Crippen LogP contribution >= 0.6 is 0 Å². The molecule has 0 fully saturated rings. The average molecular weight is 348 g/mol. The van der Waals surface area contributed by atoms with Gasteiger partial charge in [0, 0.05) is 24.8 Å². The van der Waals surface area contributed by atoms with Crippen LogP contribution in [0.25, 0.3) is 5.65 Å². The van der Waals surface area contributed by atoms with Gasteiger partial charge in [-0.25, -0.2) is 9.78 Å². The lowest BCUT2D eigenvalue weighted by Crippen LogP contribution is -2.47. The molecule has 4 rings (SSSR count). The van der Waals surface area contributed by atoms with Crippen LogP contribution in [-0.4, -0.2) is 26.4 Å². The van der Waals surface area contributed by atoms with E-state index in [1.807, 2.05) is 23.1 Å². The number of benzene rings is 1. The fourth-order valence-corrected chi connectivity index (χ4v) is 3.41. The monoisotopic (exact) mass is 348 g/mol. The van der Waals surface area contributed by atoms with Crippen LogP contribution in [-0.2, 0) is 19.5 Å². The molecule has 26 heavy (non-hydrogen) atoms. The number of urea groups is 1. The van der Waals surface area contributed by atoms with Crippen molar-refractivity contribution in [3.05, 3.63) is 81.9 Å². The van der Waals surface area contributed by atoms with Gasteiger partial charge in [0.05, 0.1) is 12.2 Å². The number of rotatable bonds is 2. The Morgan fingerprint density at radius 2 is 1.96 bits per heavy atom. The average Bonchev–Trinajstić information content (AvgIpc) is 2.65. The molecule has 132 valence electrons. The fraction of sp³-hybridized carbons (Fsp3) is 0.250. The first kappa shape index (κ1) is 16.3. The Kier molecular flexibility index (Phi) is 4.16. The number of aromatic nitrogens is 2. The molecule has 2 aromatic heterocycles. The van der Waals surface area contributed by atoms with Gasteiger partial charge in [-0.1, -0.05) is 30.3 Å². The molecule has 0 radical (unpaired) electrons. The third kappa shape index (κ3) is 3.06. The van der Waals surface area contributed by atoms with E-state index < -0.39 is 0 Å². The van der Waals surface area contributed by atoms with Crippen LogP contribution in [0, 0.1) is 0 Å². The van der Waals surface area contributed by atoms with Crippen molar-refractivity contribution in [2.45, 2.75) is 32.5 Å². The molecule has 3 heterocycles. The Morgan fingerprint density at radius 1 is 1.19 bits per heavy atom. The highest BCUT2D eigenvalue weighted by Gasteiger charge is 2.26. The third-order valence-corrected chi connectivity index (χ3v) is 4.81. The van der Waals surface area contributed by atoms with Gasteiger partial charge in [-0.15, -0.1) is 0 Å². The fourth-order valence-electron chi connectivity index (χ4n) is 3.41. The number of amides is 2. The molecule has 2 amide bonds. The van der Waals surface area contributed by atoms with E-state index >= 15 is 0 Å². The van der Waals surface area contributed by atoms with Gasteiger partial charge < -0.3 is 10.2 Å². The molecule has 1 aliphatic heterocycles. The molecule has 1 unspecified atom stereocenters. The van der Waals surface area contributed by atoms with Gasteiger partial charge >= 0.3 is 6.03 Å². The summed E-state index contributed by atoms with van der Waals surface area (Å²) in [7, 11) is 0. The summed E-state index contributed by atoms with van der Waals surface area (Å²) in [5.74, 6) is 0. The van der Waals surface area contributed by atoms with E-state index in [1.165, 1.54) is 21.6 Å². The van der Waals surface area contributed by atoms with Crippen molar-refractivity contribution < 1.29 is 4.79 Å². The standard InChI is InChI=1S/C20H20N4O2/c1-14-10-15-6-2-3-7-16(15)13-24(14)20(26)21-12-17-11-19(25)23-9-5-4-8-18(23)22-17/h2-9,11,14H,10,12-13H2,1H3,(H,21,26). The molecule has 6 nitrogen and oxygen atoms in total. The largest absolute Gasteiger partial charge is 0.332 e. The molecular weight excluding hydrogens is 328 g/mol. The van der Waals surface area contributed by atoms with E-state index in [0.717, 1.165) is 6.42 Å². The van der Waals surface area contributed by atoms with E-state index in [1.54, 1.807) is 18.3 Å². The topological polar surface area (TPSA) is 66.7 Å². The lowest BCUT2D eigenvalue weighted by atomic mass is 9.95. The zero-order chi connectivity index (χ0) is 18.1. The predicted octanol–water partition coefficient (Wildman–Crippen LogP) is 2.35. The van der Waals surface area contributed by atoms with Crippen LogP contribution in [0.2, 0.25) is 0 Å². The lowest BCUT2D eigenvalue weighted by Gasteiger charge is -2.34. The highest BCUT2D eigenvalue weighted by atomic mass is 16.2. The smallest absolute Gasteiger partial charge is 0.318 e. The number of carbonyl (C=O) groups is 1. The Bertz CT molecular complexity index is 1030. The summed E-state index contributed by atoms with van der Waals surface area (Å²) in [6.45, 7) is 2.87. The van der Waals surface area contributed by atoms with Gasteiger partial charge in [0.2, 0.25) is 0 Å². The molecule has 1 atom stereocenters. The number of nitrogens with one attached hydrogen (secondary N) is 1. The summed E-state index contributed by atoms with van der Waals surface area (Å²) in [6.07, 6.45) is 2.53. The molecule has 0 saturated carbocycles. The summed E-state index contributed by atoms with van der Waals surface area (Å²) in [6, 6.07) is 15.0. The normalized spacial score (nSPS) is 16.3. The molecule has 0 spiro atoms. The van der Waals surface area contributed by atoms with Gasteiger partial charge in [-0.05, 0) is 36.6 Å². The Hall–Kier alpha value is -3.15. The second kappa shape index (κ2) is 6.63. The Balaban J connectivity index is 1.48. The minimum absolute atomic E-state index is 0.125. The summed E-state index contributed by atoms with van der Waals surface area (Å²) >= 11 is 0. The van der Waals surface area contributed by atoms with Crippen molar-refractivity contribution in [3.8, 4) is 0 Å². The Labute approximate surface area is 151 Å². The maximum absolute atomic E-state index is 12.6. The molecule has 0 aliphatic carbocycles. The minimum Gasteiger partial charge on any atom is -0.332 e.